The average Bonchev–Trinajstić information content (AvgIpc) is 2.15. The Morgan fingerprint density at radius 2 is 1.92 bits per heavy atom. The molecule has 0 saturated carbocycles. The Labute approximate surface area is 83.5 Å². The predicted octanol–water partition coefficient (Wildman–Crippen LogP) is 1.51. The van der Waals surface area contributed by atoms with Gasteiger partial charge < -0.3 is 0 Å². The smallest absolute Gasteiger partial charge is 0.281 e. The molecule has 0 radical (unpaired) electrons. The lowest BCUT2D eigenvalue weighted by Crippen LogP contribution is -2.19. The van der Waals surface area contributed by atoms with Crippen molar-refractivity contribution in [3.8, 4) is 0 Å². The van der Waals surface area contributed by atoms with E-state index in [1.165, 1.54) is 5.56 Å². The SMILES string of the molecule is C[N+](C)=C(N)SCc1ccccc1. The maximum absolute atomic E-state index is 5.77. The molecule has 0 aromatic heterocycles. The summed E-state index contributed by atoms with van der Waals surface area (Å²) in [6.07, 6.45) is 0. The van der Waals surface area contributed by atoms with Gasteiger partial charge in [0.25, 0.3) is 0 Å². The van der Waals surface area contributed by atoms with Crippen LogP contribution in [0.3, 0.4) is 0 Å². The van der Waals surface area contributed by atoms with Crippen LogP contribution in [0, 0.1) is 0 Å². The molecule has 3 heteroatoms. The van der Waals surface area contributed by atoms with Crippen LogP contribution in [0.4, 0.5) is 0 Å². The molecule has 0 aliphatic rings. The van der Waals surface area contributed by atoms with Crippen molar-refractivity contribution in [3.05, 3.63) is 35.9 Å². The summed E-state index contributed by atoms with van der Waals surface area (Å²) in [5.41, 5.74) is 7.07. The van der Waals surface area contributed by atoms with E-state index in [1.54, 1.807) is 11.8 Å². The highest BCUT2D eigenvalue weighted by molar-refractivity contribution is 8.12. The Morgan fingerprint density at radius 1 is 1.31 bits per heavy atom. The molecule has 0 aliphatic heterocycles. The Hall–Kier alpha value is -0.960. The maximum Gasteiger partial charge on any atom is 0.303 e. The first-order chi connectivity index (χ1) is 6.20. The van der Waals surface area contributed by atoms with Gasteiger partial charge in [-0.3, -0.25) is 10.3 Å². The lowest BCUT2D eigenvalue weighted by Gasteiger charge is -1.99. The average molecular weight is 195 g/mol. The van der Waals surface area contributed by atoms with Crippen molar-refractivity contribution in [2.45, 2.75) is 5.75 Å². The first kappa shape index (κ1) is 10.1. The highest BCUT2D eigenvalue weighted by Crippen LogP contribution is 2.10. The lowest BCUT2D eigenvalue weighted by molar-refractivity contribution is -0.462. The molecular formula is C10H15N2S+. The standard InChI is InChI=1S/C10H14N2S/c1-12(2)10(11)13-8-9-6-4-3-5-7-9/h3-7,11H,8H2,1-2H3/p+1. The molecule has 0 bridgehead atoms. The highest BCUT2D eigenvalue weighted by Gasteiger charge is 2.01. The van der Waals surface area contributed by atoms with Gasteiger partial charge in [-0.1, -0.05) is 30.3 Å². The fourth-order valence-electron chi connectivity index (χ4n) is 0.861. The van der Waals surface area contributed by atoms with Gasteiger partial charge in [0.1, 0.15) is 0 Å². The molecule has 0 atom stereocenters. The van der Waals surface area contributed by atoms with Gasteiger partial charge in [-0.25, -0.2) is 0 Å². The Balaban J connectivity index is 2.49. The van der Waals surface area contributed by atoms with E-state index in [-0.39, 0.29) is 0 Å². The zero-order chi connectivity index (χ0) is 9.68. The lowest BCUT2D eigenvalue weighted by atomic mass is 10.2. The monoisotopic (exact) mass is 195 g/mol. The minimum Gasteiger partial charge on any atom is -0.281 e. The molecule has 0 aliphatic carbocycles. The predicted molar refractivity (Wildman–Crippen MR) is 59.0 cm³/mol. The second-order valence-electron chi connectivity index (χ2n) is 3.01. The van der Waals surface area contributed by atoms with E-state index in [0.717, 1.165) is 10.9 Å². The number of nitrogens with two attached hydrogens (primary N) is 1. The van der Waals surface area contributed by atoms with Crippen LogP contribution in [0.2, 0.25) is 0 Å². The van der Waals surface area contributed by atoms with Crippen LogP contribution in [0.5, 0.6) is 0 Å². The van der Waals surface area contributed by atoms with Crippen LogP contribution in [-0.4, -0.2) is 23.8 Å². The molecule has 0 spiro atoms. The summed E-state index contributed by atoms with van der Waals surface area (Å²) in [4.78, 5) is 0. The van der Waals surface area contributed by atoms with Gasteiger partial charge in [0.05, 0.1) is 14.1 Å². The summed E-state index contributed by atoms with van der Waals surface area (Å²) in [6, 6.07) is 10.3. The second kappa shape index (κ2) is 4.92. The molecule has 1 aromatic rings. The highest BCUT2D eigenvalue weighted by atomic mass is 32.2. The fraction of sp³-hybridized carbons (Fsp3) is 0.300. The van der Waals surface area contributed by atoms with E-state index in [4.69, 9.17) is 5.73 Å². The van der Waals surface area contributed by atoms with Crippen molar-refractivity contribution >= 4 is 16.9 Å². The van der Waals surface area contributed by atoms with Crippen LogP contribution in [0.1, 0.15) is 5.56 Å². The minimum absolute atomic E-state index is 0.851. The van der Waals surface area contributed by atoms with E-state index in [1.807, 2.05) is 36.9 Å². The molecule has 0 saturated heterocycles. The van der Waals surface area contributed by atoms with Gasteiger partial charge in [0, 0.05) is 5.75 Å². The Kier molecular flexibility index (Phi) is 3.83. The summed E-state index contributed by atoms with van der Waals surface area (Å²) in [5, 5.41) is 0.851. The number of hydrogen-bond donors (Lipinski definition) is 1. The second-order valence-corrected chi connectivity index (χ2v) is 4.00. The third kappa shape index (κ3) is 3.51. The van der Waals surface area contributed by atoms with Gasteiger partial charge in [-0.15, -0.1) is 0 Å². The molecule has 1 aromatic carbocycles. The molecule has 13 heavy (non-hydrogen) atoms. The van der Waals surface area contributed by atoms with Crippen LogP contribution < -0.4 is 5.73 Å². The molecular weight excluding hydrogens is 180 g/mol. The first-order valence-corrected chi connectivity index (χ1v) is 5.15. The maximum atomic E-state index is 5.77. The van der Waals surface area contributed by atoms with E-state index >= 15 is 0 Å². The zero-order valence-electron chi connectivity index (χ0n) is 8.03. The zero-order valence-corrected chi connectivity index (χ0v) is 8.84. The van der Waals surface area contributed by atoms with Gasteiger partial charge in [-0.2, -0.15) is 0 Å². The fourth-order valence-corrected chi connectivity index (χ4v) is 1.63. The third-order valence-corrected chi connectivity index (χ3v) is 2.81. The molecule has 0 heterocycles. The number of hydrogen-bond acceptors (Lipinski definition) is 1. The largest absolute Gasteiger partial charge is 0.303 e. The van der Waals surface area contributed by atoms with Crippen molar-refractivity contribution < 1.29 is 4.58 Å². The van der Waals surface area contributed by atoms with Gasteiger partial charge in [0.2, 0.25) is 0 Å². The molecule has 2 nitrogen and oxygen atoms in total. The number of rotatable bonds is 2. The Bertz CT molecular complexity index is 289. The van der Waals surface area contributed by atoms with Crippen molar-refractivity contribution in [2.24, 2.45) is 5.73 Å². The molecule has 70 valence electrons. The normalized spacial score (nSPS) is 9.69. The topological polar surface area (TPSA) is 29.0 Å². The van der Waals surface area contributed by atoms with Crippen LogP contribution in [-0.2, 0) is 5.75 Å². The molecule has 1 rings (SSSR count). The van der Waals surface area contributed by atoms with Crippen molar-refractivity contribution in [2.75, 3.05) is 14.1 Å². The summed E-state index contributed by atoms with van der Waals surface area (Å²) in [7, 11) is 3.90. The van der Waals surface area contributed by atoms with Gasteiger partial charge in [0.15, 0.2) is 0 Å². The number of amidine groups is 1. The number of benzene rings is 1. The van der Waals surface area contributed by atoms with E-state index in [0.29, 0.717) is 0 Å². The Morgan fingerprint density at radius 3 is 2.46 bits per heavy atom. The molecule has 0 amide bonds. The van der Waals surface area contributed by atoms with E-state index in [9.17, 15) is 0 Å². The third-order valence-electron chi connectivity index (χ3n) is 1.67. The molecule has 2 N–H and O–H groups in total. The summed E-state index contributed by atoms with van der Waals surface area (Å²) >= 11 is 1.66. The quantitative estimate of drug-likeness (QED) is 0.440. The summed E-state index contributed by atoms with van der Waals surface area (Å²) < 4.78 is 1.92. The van der Waals surface area contributed by atoms with Crippen molar-refractivity contribution in [3.63, 3.8) is 0 Å². The van der Waals surface area contributed by atoms with Crippen LogP contribution >= 0.6 is 11.8 Å². The molecule has 0 unspecified atom stereocenters. The first-order valence-electron chi connectivity index (χ1n) is 4.16. The van der Waals surface area contributed by atoms with Crippen LogP contribution in [0.15, 0.2) is 30.3 Å². The number of nitrogens with zero attached hydrogens (tertiary/aromatic N) is 1. The van der Waals surface area contributed by atoms with Crippen LogP contribution in [0.25, 0.3) is 0 Å². The van der Waals surface area contributed by atoms with E-state index in [2.05, 4.69) is 12.1 Å². The van der Waals surface area contributed by atoms with Gasteiger partial charge in [-0.05, 0) is 17.3 Å². The molecule has 0 fully saturated rings. The summed E-state index contributed by atoms with van der Waals surface area (Å²) in [6.45, 7) is 0. The van der Waals surface area contributed by atoms with E-state index < -0.39 is 0 Å². The summed E-state index contributed by atoms with van der Waals surface area (Å²) in [5.74, 6) is 0.935. The van der Waals surface area contributed by atoms with Crippen molar-refractivity contribution in [1.82, 2.24) is 0 Å². The number of thioether (sulfide) groups is 1. The van der Waals surface area contributed by atoms with Gasteiger partial charge >= 0.3 is 5.17 Å². The van der Waals surface area contributed by atoms with Crippen molar-refractivity contribution in [1.29, 1.82) is 0 Å². The minimum atomic E-state index is 0.851.